The number of nitrogens with two attached hydrogens (primary N) is 1. The predicted molar refractivity (Wildman–Crippen MR) is 55.0 cm³/mol. The van der Waals surface area contributed by atoms with Gasteiger partial charge in [0.15, 0.2) is 0 Å². The fourth-order valence-electron chi connectivity index (χ4n) is 1.13. The van der Waals surface area contributed by atoms with Gasteiger partial charge in [-0.05, 0) is 33.7 Å². The summed E-state index contributed by atoms with van der Waals surface area (Å²) in [5, 5.41) is 0. The average molecular weight is 208 g/mol. The van der Waals surface area contributed by atoms with Gasteiger partial charge in [0.2, 0.25) is 10.0 Å². The molecule has 13 heavy (non-hydrogen) atoms. The highest BCUT2D eigenvalue weighted by molar-refractivity contribution is 7.89. The first-order valence-corrected chi connectivity index (χ1v) is 6.26. The van der Waals surface area contributed by atoms with Crippen molar-refractivity contribution in [1.29, 1.82) is 0 Å². The molecular weight excluding hydrogens is 188 g/mol. The molecule has 0 amide bonds. The lowest BCUT2D eigenvalue weighted by Crippen LogP contribution is -2.39. The van der Waals surface area contributed by atoms with E-state index in [9.17, 15) is 8.42 Å². The molecule has 0 fully saturated rings. The molecule has 0 rings (SSSR count). The van der Waals surface area contributed by atoms with Crippen molar-refractivity contribution in [2.24, 2.45) is 5.73 Å². The molecule has 0 aromatic carbocycles. The second kappa shape index (κ2) is 5.57. The van der Waals surface area contributed by atoms with Gasteiger partial charge in [0.1, 0.15) is 0 Å². The highest BCUT2D eigenvalue weighted by Gasteiger charge is 2.21. The number of sulfonamides is 1. The average Bonchev–Trinajstić information content (AvgIpc) is 2.04. The SMILES string of the molecule is CCS(=O)(=O)N(CCCN)C(C)C. The summed E-state index contributed by atoms with van der Waals surface area (Å²) in [5.41, 5.74) is 5.34. The highest BCUT2D eigenvalue weighted by Crippen LogP contribution is 2.07. The number of nitrogens with zero attached hydrogens (tertiary/aromatic N) is 1. The van der Waals surface area contributed by atoms with Gasteiger partial charge in [0.05, 0.1) is 5.75 Å². The lowest BCUT2D eigenvalue weighted by molar-refractivity contribution is 0.352. The Balaban J connectivity index is 4.43. The fourth-order valence-corrected chi connectivity index (χ4v) is 2.51. The van der Waals surface area contributed by atoms with Crippen LogP contribution < -0.4 is 5.73 Å². The minimum absolute atomic E-state index is 0.0245. The molecule has 2 N–H and O–H groups in total. The van der Waals surface area contributed by atoms with E-state index in [1.807, 2.05) is 13.8 Å². The molecule has 0 atom stereocenters. The van der Waals surface area contributed by atoms with E-state index < -0.39 is 10.0 Å². The number of hydrogen-bond acceptors (Lipinski definition) is 3. The highest BCUT2D eigenvalue weighted by atomic mass is 32.2. The van der Waals surface area contributed by atoms with E-state index in [-0.39, 0.29) is 11.8 Å². The molecule has 0 unspecified atom stereocenters. The van der Waals surface area contributed by atoms with E-state index in [1.54, 1.807) is 6.92 Å². The first-order valence-electron chi connectivity index (χ1n) is 4.65. The Kier molecular flexibility index (Phi) is 5.51. The summed E-state index contributed by atoms with van der Waals surface area (Å²) in [4.78, 5) is 0. The van der Waals surface area contributed by atoms with Gasteiger partial charge in [-0.1, -0.05) is 0 Å². The van der Waals surface area contributed by atoms with Gasteiger partial charge in [-0.3, -0.25) is 0 Å². The summed E-state index contributed by atoms with van der Waals surface area (Å²) in [5.74, 6) is 0.162. The largest absolute Gasteiger partial charge is 0.330 e. The van der Waals surface area contributed by atoms with Crippen LogP contribution in [0.5, 0.6) is 0 Å². The molecule has 0 aromatic heterocycles. The van der Waals surface area contributed by atoms with Crippen LogP contribution in [0.25, 0.3) is 0 Å². The molecule has 0 bridgehead atoms. The number of hydrogen-bond donors (Lipinski definition) is 1. The van der Waals surface area contributed by atoms with Crippen LogP contribution in [0.2, 0.25) is 0 Å². The summed E-state index contributed by atoms with van der Waals surface area (Å²) < 4.78 is 24.6. The molecule has 0 saturated heterocycles. The Bertz CT molecular complexity index is 224. The van der Waals surface area contributed by atoms with Gasteiger partial charge in [-0.25, -0.2) is 8.42 Å². The molecule has 0 saturated carbocycles. The molecule has 0 aromatic rings. The Morgan fingerprint density at radius 3 is 2.23 bits per heavy atom. The fraction of sp³-hybridized carbons (Fsp3) is 1.00. The molecule has 0 aliphatic heterocycles. The first-order chi connectivity index (χ1) is 5.95. The summed E-state index contributed by atoms with van der Waals surface area (Å²) in [6.45, 7) is 6.48. The summed E-state index contributed by atoms with van der Waals surface area (Å²) >= 11 is 0. The maximum absolute atomic E-state index is 11.5. The molecule has 0 radical (unpaired) electrons. The molecule has 0 heterocycles. The van der Waals surface area contributed by atoms with Crippen LogP contribution >= 0.6 is 0 Å². The quantitative estimate of drug-likeness (QED) is 0.687. The third-order valence-electron chi connectivity index (χ3n) is 1.88. The van der Waals surface area contributed by atoms with Crippen molar-refractivity contribution >= 4 is 10.0 Å². The van der Waals surface area contributed by atoms with Crippen LogP contribution in [0.15, 0.2) is 0 Å². The van der Waals surface area contributed by atoms with E-state index in [4.69, 9.17) is 5.73 Å². The Morgan fingerprint density at radius 2 is 1.92 bits per heavy atom. The van der Waals surface area contributed by atoms with Gasteiger partial charge >= 0.3 is 0 Å². The normalized spacial score (nSPS) is 12.8. The third-order valence-corrected chi connectivity index (χ3v) is 3.93. The van der Waals surface area contributed by atoms with E-state index >= 15 is 0 Å². The second-order valence-electron chi connectivity index (χ2n) is 3.25. The molecule has 5 heteroatoms. The van der Waals surface area contributed by atoms with Crippen molar-refractivity contribution in [1.82, 2.24) is 4.31 Å². The molecule has 4 nitrogen and oxygen atoms in total. The smallest absolute Gasteiger partial charge is 0.214 e. The van der Waals surface area contributed by atoms with E-state index in [2.05, 4.69) is 0 Å². The first kappa shape index (κ1) is 12.9. The van der Waals surface area contributed by atoms with Crippen molar-refractivity contribution in [2.75, 3.05) is 18.8 Å². The van der Waals surface area contributed by atoms with Gasteiger partial charge in [-0.2, -0.15) is 4.31 Å². The van der Waals surface area contributed by atoms with Gasteiger partial charge in [0, 0.05) is 12.6 Å². The molecular formula is C8H20N2O2S. The molecule has 0 spiro atoms. The van der Waals surface area contributed by atoms with Crippen molar-refractivity contribution in [3.05, 3.63) is 0 Å². The van der Waals surface area contributed by atoms with Crippen molar-refractivity contribution in [3.8, 4) is 0 Å². The van der Waals surface area contributed by atoms with Crippen LogP contribution in [0, 0.1) is 0 Å². The zero-order chi connectivity index (χ0) is 10.5. The van der Waals surface area contributed by atoms with E-state index in [1.165, 1.54) is 4.31 Å². The van der Waals surface area contributed by atoms with E-state index in [0.29, 0.717) is 13.1 Å². The minimum Gasteiger partial charge on any atom is -0.330 e. The minimum atomic E-state index is -3.05. The molecule has 80 valence electrons. The monoisotopic (exact) mass is 208 g/mol. The Hall–Kier alpha value is -0.130. The van der Waals surface area contributed by atoms with Gasteiger partial charge in [-0.15, -0.1) is 0 Å². The lowest BCUT2D eigenvalue weighted by atomic mass is 10.3. The van der Waals surface area contributed by atoms with Crippen LogP contribution in [-0.2, 0) is 10.0 Å². The second-order valence-corrected chi connectivity index (χ2v) is 5.46. The van der Waals surface area contributed by atoms with Gasteiger partial charge < -0.3 is 5.73 Å². The number of rotatable bonds is 6. The maximum Gasteiger partial charge on any atom is 0.214 e. The summed E-state index contributed by atoms with van der Waals surface area (Å²) in [6.07, 6.45) is 0.720. The van der Waals surface area contributed by atoms with Crippen molar-refractivity contribution in [2.45, 2.75) is 33.2 Å². The summed E-state index contributed by atoms with van der Waals surface area (Å²) in [6, 6.07) is 0.0245. The maximum atomic E-state index is 11.5. The topological polar surface area (TPSA) is 63.4 Å². The van der Waals surface area contributed by atoms with Crippen LogP contribution in [0.1, 0.15) is 27.2 Å². The lowest BCUT2D eigenvalue weighted by Gasteiger charge is -2.24. The zero-order valence-corrected chi connectivity index (χ0v) is 9.47. The van der Waals surface area contributed by atoms with Gasteiger partial charge in [0.25, 0.3) is 0 Å². The molecule has 0 aliphatic carbocycles. The van der Waals surface area contributed by atoms with Crippen molar-refractivity contribution < 1.29 is 8.42 Å². The Morgan fingerprint density at radius 1 is 1.38 bits per heavy atom. The van der Waals surface area contributed by atoms with Crippen LogP contribution in [-0.4, -0.2) is 37.6 Å². The third kappa shape index (κ3) is 4.06. The standard InChI is InChI=1S/C8H20N2O2S/c1-4-13(11,12)10(8(2)3)7-5-6-9/h8H,4-7,9H2,1-3H3. The predicted octanol–water partition coefficient (Wildman–Crippen LogP) is 0.395. The molecule has 0 aliphatic rings. The van der Waals surface area contributed by atoms with Crippen molar-refractivity contribution in [3.63, 3.8) is 0 Å². The van der Waals surface area contributed by atoms with Crippen LogP contribution in [0.4, 0.5) is 0 Å². The van der Waals surface area contributed by atoms with Crippen LogP contribution in [0.3, 0.4) is 0 Å². The summed E-state index contributed by atoms with van der Waals surface area (Å²) in [7, 11) is -3.05. The zero-order valence-electron chi connectivity index (χ0n) is 8.66. The van der Waals surface area contributed by atoms with E-state index in [0.717, 1.165) is 6.42 Å². The Labute approximate surface area is 81.2 Å².